The number of aromatic nitrogens is 1. The van der Waals surface area contributed by atoms with Crippen molar-refractivity contribution in [2.75, 3.05) is 7.11 Å². The molecule has 24 heavy (non-hydrogen) atoms. The van der Waals surface area contributed by atoms with Gasteiger partial charge in [-0.1, -0.05) is 0 Å². The van der Waals surface area contributed by atoms with Crippen molar-refractivity contribution in [3.63, 3.8) is 0 Å². The zero-order valence-electron chi connectivity index (χ0n) is 13.3. The van der Waals surface area contributed by atoms with Gasteiger partial charge in [0.05, 0.1) is 12.7 Å². The molecule has 0 fully saturated rings. The minimum absolute atomic E-state index is 0.237. The summed E-state index contributed by atoms with van der Waals surface area (Å²) in [6, 6.07) is 6.69. The topological polar surface area (TPSA) is 43.7 Å². The summed E-state index contributed by atoms with van der Waals surface area (Å²) in [5.74, 6) is 0.753. The first-order valence-electron chi connectivity index (χ1n) is 7.21. The van der Waals surface area contributed by atoms with Crippen molar-refractivity contribution in [1.29, 1.82) is 0 Å². The minimum Gasteiger partial charge on any atom is -0.494 e. The van der Waals surface area contributed by atoms with Crippen LogP contribution in [0.2, 0.25) is 0 Å². The van der Waals surface area contributed by atoms with E-state index in [1.54, 1.807) is 26.0 Å². The van der Waals surface area contributed by atoms with Gasteiger partial charge in [0.15, 0.2) is 5.72 Å². The van der Waals surface area contributed by atoms with E-state index in [0.717, 1.165) is 12.1 Å². The lowest BCUT2D eigenvalue weighted by molar-refractivity contribution is -0.137. The van der Waals surface area contributed by atoms with Gasteiger partial charge in [-0.3, -0.25) is 4.98 Å². The Kier molecular flexibility index (Phi) is 3.74. The second kappa shape index (κ2) is 5.51. The summed E-state index contributed by atoms with van der Waals surface area (Å²) in [5.41, 5.74) is -0.778. The van der Waals surface area contributed by atoms with Gasteiger partial charge in [-0.2, -0.15) is 13.2 Å². The molecule has 3 rings (SSSR count). The number of ether oxygens (including phenoxy) is 2. The highest BCUT2D eigenvalue weighted by atomic mass is 19.4. The third kappa shape index (κ3) is 2.93. The highest BCUT2D eigenvalue weighted by Crippen LogP contribution is 2.38. The molecule has 0 aliphatic carbocycles. The van der Waals surface area contributed by atoms with Gasteiger partial charge in [-0.25, -0.2) is 4.99 Å². The average Bonchev–Trinajstić information content (AvgIpc) is 2.52. The molecule has 7 heteroatoms. The maximum atomic E-state index is 13.1. The molecule has 0 atom stereocenters. The van der Waals surface area contributed by atoms with Crippen LogP contribution in [-0.4, -0.2) is 23.5 Å². The number of methoxy groups -OCH3 is 1. The van der Waals surface area contributed by atoms with E-state index in [9.17, 15) is 13.2 Å². The first-order chi connectivity index (χ1) is 11.2. The fourth-order valence-electron chi connectivity index (χ4n) is 2.52. The predicted molar refractivity (Wildman–Crippen MR) is 82.6 cm³/mol. The van der Waals surface area contributed by atoms with E-state index in [2.05, 4.69) is 9.98 Å². The normalized spacial score (nSPS) is 16.0. The van der Waals surface area contributed by atoms with Crippen molar-refractivity contribution >= 4 is 5.71 Å². The molecule has 0 N–H and O–H groups in total. The molecule has 2 heterocycles. The van der Waals surface area contributed by atoms with Crippen LogP contribution in [0.5, 0.6) is 11.5 Å². The van der Waals surface area contributed by atoms with Crippen LogP contribution in [0.4, 0.5) is 13.2 Å². The first-order valence-corrected chi connectivity index (χ1v) is 7.21. The lowest BCUT2D eigenvalue weighted by Crippen LogP contribution is -2.33. The number of pyridine rings is 1. The summed E-state index contributed by atoms with van der Waals surface area (Å²) in [6.07, 6.45) is -2.92. The van der Waals surface area contributed by atoms with Gasteiger partial charge in [-0.05, 0) is 44.2 Å². The van der Waals surface area contributed by atoms with Crippen molar-refractivity contribution in [1.82, 2.24) is 4.98 Å². The Morgan fingerprint density at radius 3 is 2.58 bits per heavy atom. The molecule has 0 spiro atoms. The number of hydrogen-bond acceptors (Lipinski definition) is 4. The van der Waals surface area contributed by atoms with Crippen molar-refractivity contribution in [3.8, 4) is 11.5 Å². The van der Waals surface area contributed by atoms with Gasteiger partial charge in [0.25, 0.3) is 0 Å². The molecule has 0 radical (unpaired) electrons. The molecule has 1 aromatic heterocycles. The van der Waals surface area contributed by atoms with Crippen LogP contribution >= 0.6 is 0 Å². The lowest BCUT2D eigenvalue weighted by atomic mass is 9.99. The van der Waals surface area contributed by atoms with E-state index in [1.165, 1.54) is 19.4 Å². The Morgan fingerprint density at radius 2 is 1.92 bits per heavy atom. The maximum Gasteiger partial charge on any atom is 0.416 e. The second-order valence-corrected chi connectivity index (χ2v) is 5.77. The SMILES string of the molecule is COc1cccnc1C1=NC(C)(C)Oc2ccc(C(F)(F)F)cc21. The van der Waals surface area contributed by atoms with Crippen molar-refractivity contribution in [3.05, 3.63) is 53.3 Å². The molecule has 0 saturated carbocycles. The van der Waals surface area contributed by atoms with Crippen molar-refractivity contribution in [2.24, 2.45) is 4.99 Å². The van der Waals surface area contributed by atoms with Crippen molar-refractivity contribution < 1.29 is 22.6 Å². The zero-order chi connectivity index (χ0) is 17.5. The number of aliphatic imine (C=N–C) groups is 1. The van der Waals surface area contributed by atoms with E-state index in [-0.39, 0.29) is 5.56 Å². The minimum atomic E-state index is -4.46. The Labute approximate surface area is 137 Å². The van der Waals surface area contributed by atoms with E-state index >= 15 is 0 Å². The van der Waals surface area contributed by atoms with E-state index in [0.29, 0.717) is 22.9 Å². The Morgan fingerprint density at radius 1 is 1.17 bits per heavy atom. The van der Waals surface area contributed by atoms with Crippen LogP contribution in [0.1, 0.15) is 30.7 Å². The highest BCUT2D eigenvalue weighted by molar-refractivity contribution is 6.15. The molecular formula is C17H15F3N2O2. The molecular weight excluding hydrogens is 321 g/mol. The van der Waals surface area contributed by atoms with E-state index in [4.69, 9.17) is 9.47 Å². The standard InChI is InChI=1S/C17H15F3N2O2/c1-16(2)22-14(15-13(23-3)5-4-8-21-15)11-9-10(17(18,19)20)6-7-12(11)24-16/h4-9H,1-3H3. The maximum absolute atomic E-state index is 13.1. The molecule has 0 bridgehead atoms. The number of rotatable bonds is 2. The number of fused-ring (bicyclic) bond motifs is 1. The summed E-state index contributed by atoms with van der Waals surface area (Å²) in [6.45, 7) is 3.45. The number of alkyl halides is 3. The molecule has 0 unspecified atom stereocenters. The van der Waals surface area contributed by atoms with E-state index in [1.807, 2.05) is 0 Å². The quantitative estimate of drug-likeness (QED) is 0.830. The molecule has 126 valence electrons. The Bertz CT molecular complexity index is 814. The van der Waals surface area contributed by atoms with Gasteiger partial charge in [-0.15, -0.1) is 0 Å². The summed E-state index contributed by atoms with van der Waals surface area (Å²) in [5, 5.41) is 0. The summed E-state index contributed by atoms with van der Waals surface area (Å²) in [4.78, 5) is 8.68. The molecule has 0 saturated heterocycles. The predicted octanol–water partition coefficient (Wildman–Crippen LogP) is 4.07. The fraction of sp³-hybridized carbons (Fsp3) is 0.294. The third-order valence-corrected chi connectivity index (χ3v) is 3.52. The van der Waals surface area contributed by atoms with Crippen LogP contribution in [0.15, 0.2) is 41.5 Å². The molecule has 1 aliphatic heterocycles. The summed E-state index contributed by atoms with van der Waals surface area (Å²) in [7, 11) is 1.47. The van der Waals surface area contributed by atoms with Crippen LogP contribution in [0.3, 0.4) is 0 Å². The average molecular weight is 336 g/mol. The largest absolute Gasteiger partial charge is 0.494 e. The molecule has 0 amide bonds. The molecule has 2 aromatic rings. The van der Waals surface area contributed by atoms with Gasteiger partial charge in [0.2, 0.25) is 0 Å². The lowest BCUT2D eigenvalue weighted by Gasteiger charge is -2.30. The Hall–Kier alpha value is -2.57. The zero-order valence-corrected chi connectivity index (χ0v) is 13.3. The van der Waals surface area contributed by atoms with Gasteiger partial charge in [0.1, 0.15) is 22.9 Å². The molecule has 4 nitrogen and oxygen atoms in total. The van der Waals surface area contributed by atoms with Crippen LogP contribution < -0.4 is 9.47 Å². The van der Waals surface area contributed by atoms with Gasteiger partial charge < -0.3 is 9.47 Å². The van der Waals surface area contributed by atoms with Crippen molar-refractivity contribution in [2.45, 2.75) is 25.7 Å². The molecule has 1 aromatic carbocycles. The number of hydrogen-bond donors (Lipinski definition) is 0. The summed E-state index contributed by atoms with van der Waals surface area (Å²) < 4.78 is 50.2. The Balaban J connectivity index is 2.24. The number of halogens is 3. The smallest absolute Gasteiger partial charge is 0.416 e. The van der Waals surface area contributed by atoms with Crippen LogP contribution in [-0.2, 0) is 6.18 Å². The molecule has 1 aliphatic rings. The first kappa shape index (κ1) is 16.3. The summed E-state index contributed by atoms with van der Waals surface area (Å²) >= 11 is 0. The van der Waals surface area contributed by atoms with Crippen LogP contribution in [0.25, 0.3) is 0 Å². The monoisotopic (exact) mass is 336 g/mol. The number of nitrogens with zero attached hydrogens (tertiary/aromatic N) is 2. The fourth-order valence-corrected chi connectivity index (χ4v) is 2.52. The number of benzene rings is 1. The second-order valence-electron chi connectivity index (χ2n) is 5.77. The van der Waals surface area contributed by atoms with Gasteiger partial charge in [0, 0.05) is 11.8 Å². The third-order valence-electron chi connectivity index (χ3n) is 3.52. The highest BCUT2D eigenvalue weighted by Gasteiger charge is 2.35. The van der Waals surface area contributed by atoms with Crippen LogP contribution in [0, 0.1) is 0 Å². The van der Waals surface area contributed by atoms with Gasteiger partial charge >= 0.3 is 6.18 Å². The van der Waals surface area contributed by atoms with E-state index < -0.39 is 17.5 Å².